The SMILES string of the molecule is CCc1ccc(N2C(=O)C(=O)/C(=C(\O)c3ccncc3)C2c2ccccc2OC)cc1. The molecule has 156 valence electrons. The van der Waals surface area contributed by atoms with Crippen molar-refractivity contribution in [2.24, 2.45) is 0 Å². The molecule has 1 fully saturated rings. The van der Waals surface area contributed by atoms with Gasteiger partial charge in [-0.15, -0.1) is 0 Å². The number of methoxy groups -OCH3 is 1. The average Bonchev–Trinajstić information content (AvgIpc) is 3.09. The molecule has 2 heterocycles. The Hall–Kier alpha value is -3.93. The average molecular weight is 414 g/mol. The molecule has 0 bridgehead atoms. The van der Waals surface area contributed by atoms with Gasteiger partial charge in [-0.25, -0.2) is 0 Å². The Labute approximate surface area is 180 Å². The Morgan fingerprint density at radius 3 is 2.35 bits per heavy atom. The Morgan fingerprint density at radius 2 is 1.71 bits per heavy atom. The number of carbonyl (C=O) groups excluding carboxylic acids is 2. The van der Waals surface area contributed by atoms with E-state index in [9.17, 15) is 14.7 Å². The number of anilines is 1. The number of amides is 1. The molecule has 1 aromatic heterocycles. The number of nitrogens with zero attached hydrogens (tertiary/aromatic N) is 2. The molecule has 0 radical (unpaired) electrons. The normalized spacial score (nSPS) is 17.7. The van der Waals surface area contributed by atoms with E-state index in [1.165, 1.54) is 24.4 Å². The molecule has 2 aromatic carbocycles. The summed E-state index contributed by atoms with van der Waals surface area (Å²) in [6.45, 7) is 2.05. The maximum atomic E-state index is 13.2. The molecular weight excluding hydrogens is 392 g/mol. The summed E-state index contributed by atoms with van der Waals surface area (Å²) in [4.78, 5) is 31.7. The predicted octanol–water partition coefficient (Wildman–Crippen LogP) is 4.28. The zero-order valence-corrected chi connectivity index (χ0v) is 17.3. The summed E-state index contributed by atoms with van der Waals surface area (Å²) in [7, 11) is 1.53. The highest BCUT2D eigenvalue weighted by Gasteiger charge is 2.47. The van der Waals surface area contributed by atoms with Gasteiger partial charge in [0.05, 0.1) is 18.7 Å². The first-order valence-corrected chi connectivity index (χ1v) is 10.00. The Morgan fingerprint density at radius 1 is 1.03 bits per heavy atom. The maximum absolute atomic E-state index is 13.2. The molecule has 31 heavy (non-hydrogen) atoms. The monoisotopic (exact) mass is 414 g/mol. The Bertz CT molecular complexity index is 1150. The van der Waals surface area contributed by atoms with Crippen molar-refractivity contribution in [2.45, 2.75) is 19.4 Å². The number of aliphatic hydroxyl groups excluding tert-OH is 1. The first-order valence-electron chi connectivity index (χ1n) is 10.00. The third kappa shape index (κ3) is 3.57. The molecule has 0 saturated carbocycles. The minimum atomic E-state index is -0.836. The number of Topliss-reactive ketones (excluding diaryl/α,β-unsaturated/α-hetero) is 1. The van der Waals surface area contributed by atoms with E-state index in [2.05, 4.69) is 4.98 Å². The minimum Gasteiger partial charge on any atom is -0.507 e. The van der Waals surface area contributed by atoms with Crippen molar-refractivity contribution in [3.8, 4) is 5.75 Å². The fourth-order valence-corrected chi connectivity index (χ4v) is 3.84. The highest BCUT2D eigenvalue weighted by molar-refractivity contribution is 6.51. The van der Waals surface area contributed by atoms with E-state index in [4.69, 9.17) is 4.74 Å². The molecule has 0 spiro atoms. The lowest BCUT2D eigenvalue weighted by Crippen LogP contribution is -2.29. The van der Waals surface area contributed by atoms with Crippen molar-refractivity contribution in [1.82, 2.24) is 4.98 Å². The van der Waals surface area contributed by atoms with Crippen LogP contribution >= 0.6 is 0 Å². The Balaban J connectivity index is 1.96. The third-order valence-corrected chi connectivity index (χ3v) is 5.45. The van der Waals surface area contributed by atoms with Crippen LogP contribution in [0.3, 0.4) is 0 Å². The molecule has 1 saturated heterocycles. The van der Waals surface area contributed by atoms with Crippen molar-refractivity contribution in [3.63, 3.8) is 0 Å². The maximum Gasteiger partial charge on any atom is 0.300 e. The quantitative estimate of drug-likeness (QED) is 0.383. The molecule has 1 N–H and O–H groups in total. The van der Waals surface area contributed by atoms with E-state index < -0.39 is 17.7 Å². The second kappa shape index (κ2) is 8.44. The number of para-hydroxylation sites is 1. The lowest BCUT2D eigenvalue weighted by molar-refractivity contribution is -0.132. The molecule has 1 amide bonds. The van der Waals surface area contributed by atoms with Crippen LogP contribution in [-0.4, -0.2) is 28.9 Å². The van der Waals surface area contributed by atoms with E-state index in [1.807, 2.05) is 43.3 Å². The lowest BCUT2D eigenvalue weighted by Gasteiger charge is -2.26. The van der Waals surface area contributed by atoms with E-state index in [0.717, 1.165) is 12.0 Å². The molecule has 4 rings (SSSR count). The van der Waals surface area contributed by atoms with Crippen molar-refractivity contribution in [1.29, 1.82) is 0 Å². The van der Waals surface area contributed by atoms with Crippen LogP contribution in [0.4, 0.5) is 5.69 Å². The van der Waals surface area contributed by atoms with E-state index in [0.29, 0.717) is 22.6 Å². The van der Waals surface area contributed by atoms with E-state index in [-0.39, 0.29) is 11.3 Å². The lowest BCUT2D eigenvalue weighted by atomic mass is 9.94. The van der Waals surface area contributed by atoms with Crippen molar-refractivity contribution >= 4 is 23.1 Å². The molecule has 3 aromatic rings. The molecule has 1 unspecified atom stereocenters. The summed E-state index contributed by atoms with van der Waals surface area (Å²) >= 11 is 0. The van der Waals surface area contributed by atoms with Crippen molar-refractivity contribution in [2.75, 3.05) is 12.0 Å². The van der Waals surface area contributed by atoms with Gasteiger partial charge in [-0.1, -0.05) is 37.3 Å². The van der Waals surface area contributed by atoms with Crippen LogP contribution in [0, 0.1) is 0 Å². The number of benzene rings is 2. The minimum absolute atomic E-state index is 0.0141. The summed E-state index contributed by atoms with van der Waals surface area (Å²) in [6.07, 6.45) is 3.90. The fraction of sp³-hybridized carbons (Fsp3) is 0.160. The van der Waals surface area contributed by atoms with Crippen LogP contribution in [0.5, 0.6) is 5.75 Å². The molecule has 6 heteroatoms. The summed E-state index contributed by atoms with van der Waals surface area (Å²) < 4.78 is 5.52. The van der Waals surface area contributed by atoms with Crippen molar-refractivity contribution in [3.05, 3.63) is 95.3 Å². The van der Waals surface area contributed by atoms with Gasteiger partial charge in [-0.05, 0) is 42.3 Å². The van der Waals surface area contributed by atoms with Gasteiger partial charge >= 0.3 is 0 Å². The van der Waals surface area contributed by atoms with Crippen LogP contribution in [0.1, 0.15) is 29.7 Å². The second-order valence-electron chi connectivity index (χ2n) is 7.17. The molecule has 0 aliphatic carbocycles. The van der Waals surface area contributed by atoms with Gasteiger partial charge < -0.3 is 9.84 Å². The van der Waals surface area contributed by atoms with Gasteiger partial charge in [0.2, 0.25) is 0 Å². The number of aliphatic hydroxyl groups is 1. The molecule has 1 aliphatic rings. The predicted molar refractivity (Wildman–Crippen MR) is 118 cm³/mol. The summed E-state index contributed by atoms with van der Waals surface area (Å²) in [6, 6.07) is 17.0. The van der Waals surface area contributed by atoms with E-state index >= 15 is 0 Å². The third-order valence-electron chi connectivity index (χ3n) is 5.45. The number of carbonyl (C=O) groups is 2. The number of aromatic nitrogens is 1. The number of ether oxygens (including phenoxy) is 1. The van der Waals surface area contributed by atoms with Crippen LogP contribution < -0.4 is 9.64 Å². The number of aryl methyl sites for hydroxylation is 1. The van der Waals surface area contributed by atoms with Gasteiger partial charge in [-0.2, -0.15) is 0 Å². The van der Waals surface area contributed by atoms with Gasteiger partial charge in [0.25, 0.3) is 11.7 Å². The highest BCUT2D eigenvalue weighted by Crippen LogP contribution is 2.44. The van der Waals surface area contributed by atoms with Crippen molar-refractivity contribution < 1.29 is 19.4 Å². The first-order chi connectivity index (χ1) is 15.1. The Kier molecular flexibility index (Phi) is 5.54. The van der Waals surface area contributed by atoms with E-state index in [1.54, 1.807) is 24.3 Å². The first kappa shape index (κ1) is 20.3. The van der Waals surface area contributed by atoms with Gasteiger partial charge in [0.1, 0.15) is 11.5 Å². The van der Waals surface area contributed by atoms with Crippen LogP contribution in [-0.2, 0) is 16.0 Å². The molecule has 6 nitrogen and oxygen atoms in total. The zero-order valence-electron chi connectivity index (χ0n) is 17.3. The zero-order chi connectivity index (χ0) is 22.0. The fourth-order valence-electron chi connectivity index (χ4n) is 3.84. The van der Waals surface area contributed by atoms with Gasteiger partial charge in [-0.3, -0.25) is 19.5 Å². The highest BCUT2D eigenvalue weighted by atomic mass is 16.5. The standard InChI is InChI=1S/C25H22N2O4/c1-3-16-8-10-18(11-9-16)27-22(19-6-4-5-7-20(19)31-2)21(24(29)25(27)30)23(28)17-12-14-26-15-13-17/h4-15,22,28H,3H2,1-2H3/b23-21-. The van der Waals surface area contributed by atoms with Crippen LogP contribution in [0.2, 0.25) is 0 Å². The second-order valence-corrected chi connectivity index (χ2v) is 7.17. The number of pyridine rings is 1. The summed E-state index contributed by atoms with van der Waals surface area (Å²) in [5, 5.41) is 11.1. The number of hydrogen-bond donors (Lipinski definition) is 1. The number of ketones is 1. The largest absolute Gasteiger partial charge is 0.507 e. The smallest absolute Gasteiger partial charge is 0.300 e. The van der Waals surface area contributed by atoms with Crippen LogP contribution in [0.15, 0.2) is 78.6 Å². The topological polar surface area (TPSA) is 79.7 Å². The van der Waals surface area contributed by atoms with Gasteiger partial charge in [0.15, 0.2) is 0 Å². The van der Waals surface area contributed by atoms with Gasteiger partial charge in [0, 0.05) is 29.2 Å². The molecular formula is C25H22N2O4. The molecule has 1 atom stereocenters. The number of rotatable bonds is 5. The number of hydrogen-bond acceptors (Lipinski definition) is 5. The summed E-state index contributed by atoms with van der Waals surface area (Å²) in [5.41, 5.74) is 2.73. The summed E-state index contributed by atoms with van der Waals surface area (Å²) in [5.74, 6) is -1.17. The van der Waals surface area contributed by atoms with Crippen LogP contribution in [0.25, 0.3) is 5.76 Å². The molecule has 1 aliphatic heterocycles.